The van der Waals surface area contributed by atoms with Crippen molar-refractivity contribution in [3.63, 3.8) is 0 Å². The number of amides is 1. The van der Waals surface area contributed by atoms with Crippen molar-refractivity contribution >= 4 is 17.3 Å². The number of fused-ring (bicyclic) bond motifs is 1. The molecule has 0 N–H and O–H groups in total. The molecule has 36 heavy (non-hydrogen) atoms. The lowest BCUT2D eigenvalue weighted by molar-refractivity contribution is -0.132. The van der Waals surface area contributed by atoms with E-state index in [1.54, 1.807) is 6.20 Å². The number of likely N-dealkylation sites (tertiary alicyclic amines) is 1. The summed E-state index contributed by atoms with van der Waals surface area (Å²) in [4.78, 5) is 26.5. The van der Waals surface area contributed by atoms with Crippen LogP contribution in [0.25, 0.3) is 5.65 Å². The van der Waals surface area contributed by atoms with Crippen molar-refractivity contribution in [3.05, 3.63) is 82.8 Å². The molecule has 3 aliphatic rings. The van der Waals surface area contributed by atoms with Gasteiger partial charge < -0.3 is 9.30 Å². The molecule has 0 spiro atoms. The summed E-state index contributed by atoms with van der Waals surface area (Å²) in [6.45, 7) is 3.73. The fraction of sp³-hybridized carbons (Fsp3) is 0.393. The number of benzene rings is 1. The molecule has 1 saturated heterocycles. The normalized spacial score (nSPS) is 20.7. The molecule has 6 rings (SSSR count). The van der Waals surface area contributed by atoms with Gasteiger partial charge in [0.25, 0.3) is 0 Å². The van der Waals surface area contributed by atoms with Gasteiger partial charge >= 0.3 is 0 Å². The van der Waals surface area contributed by atoms with E-state index in [4.69, 9.17) is 4.99 Å². The molecule has 0 aliphatic carbocycles. The average Bonchev–Trinajstić information content (AvgIpc) is 3.52. The Hall–Kier alpha value is -3.39. The molecule has 8 heteroatoms. The summed E-state index contributed by atoms with van der Waals surface area (Å²) >= 11 is 0. The number of hydrogen-bond donors (Lipinski definition) is 0. The highest BCUT2D eigenvalue weighted by atomic mass is 19.1. The number of piperidine rings is 1. The predicted molar refractivity (Wildman–Crippen MR) is 134 cm³/mol. The molecule has 0 unspecified atom stereocenters. The molecule has 0 radical (unpaired) electrons. The fourth-order valence-electron chi connectivity index (χ4n) is 5.77. The Morgan fingerprint density at radius 2 is 1.97 bits per heavy atom. The first-order chi connectivity index (χ1) is 17.5. The van der Waals surface area contributed by atoms with Crippen LogP contribution in [0.2, 0.25) is 0 Å². The van der Waals surface area contributed by atoms with Gasteiger partial charge in [-0.25, -0.2) is 13.8 Å². The zero-order valence-corrected chi connectivity index (χ0v) is 20.2. The van der Waals surface area contributed by atoms with Gasteiger partial charge in [0.15, 0.2) is 0 Å². The second kappa shape index (κ2) is 9.58. The molecule has 1 atom stereocenters. The number of aliphatic imine (C=N–C) groups is 1. The van der Waals surface area contributed by atoms with Crippen molar-refractivity contribution in [2.45, 2.75) is 32.2 Å². The summed E-state index contributed by atoms with van der Waals surface area (Å²) < 4.78 is 30.3. The monoisotopic (exact) mass is 489 g/mol. The van der Waals surface area contributed by atoms with Gasteiger partial charge in [-0.05, 0) is 67.1 Å². The third-order valence-corrected chi connectivity index (χ3v) is 7.70. The fourth-order valence-corrected chi connectivity index (χ4v) is 5.77. The van der Waals surface area contributed by atoms with Gasteiger partial charge in [0, 0.05) is 62.3 Å². The molecular weight excluding hydrogens is 460 g/mol. The highest BCUT2D eigenvalue weighted by Gasteiger charge is 2.31. The number of carbonyl (C=O) groups is 1. The van der Waals surface area contributed by atoms with Crippen molar-refractivity contribution in [1.29, 1.82) is 0 Å². The highest BCUT2D eigenvalue weighted by Crippen LogP contribution is 2.30. The van der Waals surface area contributed by atoms with E-state index in [2.05, 4.69) is 9.88 Å². The minimum absolute atomic E-state index is 0.113. The third-order valence-electron chi connectivity index (χ3n) is 7.70. The zero-order chi connectivity index (χ0) is 24.6. The molecule has 3 aromatic rings. The van der Waals surface area contributed by atoms with Gasteiger partial charge in [-0.15, -0.1) is 0 Å². The van der Waals surface area contributed by atoms with Crippen molar-refractivity contribution < 1.29 is 13.6 Å². The number of pyridine rings is 1. The number of halogens is 2. The highest BCUT2D eigenvalue weighted by molar-refractivity contribution is 6.15. The molecule has 0 saturated carbocycles. The van der Waals surface area contributed by atoms with E-state index < -0.39 is 11.6 Å². The largest absolute Gasteiger partial charge is 0.338 e. The Morgan fingerprint density at radius 1 is 1.11 bits per heavy atom. The molecule has 5 heterocycles. The standard InChI is InChI=1S/C28H29F2N5O/c29-24-4-1-5-25(30)23(24)17-33-10-2-3-19(15-33)13-27(36)35-11-8-20-14-32-28(22(20)18-35)21-6-7-26-31-9-12-34(26)16-21/h1,4-7,9,12,16,19H,2-3,8,10-11,13-15,17-18H2/t19-/m0/s1. The van der Waals surface area contributed by atoms with Crippen molar-refractivity contribution in [2.75, 3.05) is 32.7 Å². The molecule has 6 nitrogen and oxygen atoms in total. The van der Waals surface area contributed by atoms with E-state index in [-0.39, 0.29) is 23.9 Å². The van der Waals surface area contributed by atoms with Crippen LogP contribution in [0.4, 0.5) is 8.78 Å². The minimum atomic E-state index is -0.508. The van der Waals surface area contributed by atoms with Crippen molar-refractivity contribution in [2.24, 2.45) is 10.9 Å². The van der Waals surface area contributed by atoms with E-state index >= 15 is 0 Å². The van der Waals surface area contributed by atoms with E-state index in [0.29, 0.717) is 26.1 Å². The number of carbonyl (C=O) groups excluding carboxylic acids is 1. The second-order valence-electron chi connectivity index (χ2n) is 10.1. The Morgan fingerprint density at radius 3 is 2.83 bits per heavy atom. The zero-order valence-electron chi connectivity index (χ0n) is 20.2. The summed E-state index contributed by atoms with van der Waals surface area (Å²) in [5.41, 5.74) is 5.54. The first-order valence-corrected chi connectivity index (χ1v) is 12.7. The van der Waals surface area contributed by atoms with Gasteiger partial charge in [0.05, 0.1) is 12.3 Å². The van der Waals surface area contributed by atoms with Gasteiger partial charge in [-0.1, -0.05) is 6.07 Å². The molecule has 3 aliphatic heterocycles. The SMILES string of the molecule is O=C(C[C@@H]1CCCN(Cc2c(F)cccc2F)C1)N1CCC2=C(C1)C(c1ccc3nccn3c1)=NC2. The lowest BCUT2D eigenvalue weighted by Crippen LogP contribution is -2.41. The summed E-state index contributed by atoms with van der Waals surface area (Å²) in [6, 6.07) is 8.03. The Labute approximate surface area is 209 Å². The Balaban J connectivity index is 1.10. The number of hydrogen-bond acceptors (Lipinski definition) is 4. The summed E-state index contributed by atoms with van der Waals surface area (Å²) in [5.74, 6) is -0.669. The van der Waals surface area contributed by atoms with Gasteiger partial charge in [-0.3, -0.25) is 14.7 Å². The number of imidazole rings is 1. The quantitative estimate of drug-likeness (QED) is 0.539. The summed E-state index contributed by atoms with van der Waals surface area (Å²) in [7, 11) is 0. The topological polar surface area (TPSA) is 53.2 Å². The molecule has 2 aromatic heterocycles. The van der Waals surface area contributed by atoms with Gasteiger partial charge in [0.1, 0.15) is 17.3 Å². The second-order valence-corrected chi connectivity index (χ2v) is 10.1. The summed E-state index contributed by atoms with van der Waals surface area (Å²) in [5, 5.41) is 0. The maximum atomic E-state index is 14.1. The van der Waals surface area contributed by atoms with Gasteiger partial charge in [0.2, 0.25) is 5.91 Å². The Kier molecular flexibility index (Phi) is 6.13. The third kappa shape index (κ3) is 4.46. The molecule has 1 fully saturated rings. The van der Waals surface area contributed by atoms with Gasteiger partial charge in [-0.2, -0.15) is 0 Å². The minimum Gasteiger partial charge on any atom is -0.338 e. The lowest BCUT2D eigenvalue weighted by Gasteiger charge is -2.35. The number of rotatable bonds is 5. The maximum Gasteiger partial charge on any atom is 0.223 e. The first kappa shape index (κ1) is 23.0. The van der Waals surface area contributed by atoms with E-state index in [0.717, 1.165) is 49.3 Å². The smallest absolute Gasteiger partial charge is 0.223 e. The van der Waals surface area contributed by atoms with Crippen LogP contribution in [0.3, 0.4) is 0 Å². The van der Waals surface area contributed by atoms with E-state index in [1.165, 1.54) is 29.3 Å². The summed E-state index contributed by atoms with van der Waals surface area (Å²) in [6.07, 6.45) is 8.96. The average molecular weight is 490 g/mol. The van der Waals surface area contributed by atoms with Crippen LogP contribution in [0, 0.1) is 17.6 Å². The first-order valence-electron chi connectivity index (χ1n) is 12.7. The van der Waals surface area contributed by atoms with Crippen molar-refractivity contribution in [3.8, 4) is 0 Å². The van der Waals surface area contributed by atoms with E-state index in [9.17, 15) is 13.6 Å². The number of aromatic nitrogens is 2. The molecule has 1 amide bonds. The van der Waals surface area contributed by atoms with Crippen LogP contribution in [0.1, 0.15) is 36.8 Å². The van der Waals surface area contributed by atoms with Crippen LogP contribution in [-0.4, -0.2) is 63.5 Å². The van der Waals surface area contributed by atoms with Crippen LogP contribution in [0.5, 0.6) is 0 Å². The molecule has 1 aromatic carbocycles. The van der Waals surface area contributed by atoms with Crippen LogP contribution in [-0.2, 0) is 11.3 Å². The van der Waals surface area contributed by atoms with Crippen LogP contribution in [0.15, 0.2) is 65.1 Å². The lowest BCUT2D eigenvalue weighted by atomic mass is 9.92. The number of nitrogens with zero attached hydrogens (tertiary/aromatic N) is 5. The van der Waals surface area contributed by atoms with E-state index in [1.807, 2.05) is 33.8 Å². The van der Waals surface area contributed by atoms with Crippen LogP contribution < -0.4 is 0 Å². The predicted octanol–water partition coefficient (Wildman–Crippen LogP) is 4.25. The molecule has 186 valence electrons. The maximum absolute atomic E-state index is 14.1. The van der Waals surface area contributed by atoms with Crippen molar-refractivity contribution in [1.82, 2.24) is 19.2 Å². The Bertz CT molecular complexity index is 1360. The molecular formula is C28H29F2N5O. The van der Waals surface area contributed by atoms with Crippen LogP contribution >= 0.6 is 0 Å². The molecule has 0 bridgehead atoms.